The summed E-state index contributed by atoms with van der Waals surface area (Å²) in [6, 6.07) is 9.74. The Morgan fingerprint density at radius 1 is 1.33 bits per heavy atom. The molecule has 64 valence electrons. The van der Waals surface area contributed by atoms with E-state index in [9.17, 15) is 0 Å². The Morgan fingerprint density at radius 3 is 2.58 bits per heavy atom. The molecule has 0 unspecified atom stereocenters. The maximum atomic E-state index is 6.82. The SMILES string of the molecule is N=C(N)OCCc1ccccc1. The average Bonchev–Trinajstić information content (AvgIpc) is 2.05. The normalized spacial score (nSPS) is 9.33. The van der Waals surface area contributed by atoms with Crippen molar-refractivity contribution in [3.63, 3.8) is 0 Å². The molecule has 1 aromatic carbocycles. The molecule has 3 N–H and O–H groups in total. The van der Waals surface area contributed by atoms with Crippen LogP contribution in [0.3, 0.4) is 0 Å². The van der Waals surface area contributed by atoms with Crippen molar-refractivity contribution in [2.24, 2.45) is 5.73 Å². The van der Waals surface area contributed by atoms with Crippen molar-refractivity contribution in [1.82, 2.24) is 0 Å². The first-order valence-corrected chi connectivity index (χ1v) is 3.80. The Morgan fingerprint density at radius 2 is 2.00 bits per heavy atom. The van der Waals surface area contributed by atoms with Crippen LogP contribution in [-0.4, -0.2) is 12.6 Å². The molecule has 0 aliphatic heterocycles. The zero-order chi connectivity index (χ0) is 8.81. The van der Waals surface area contributed by atoms with Crippen LogP contribution in [0.15, 0.2) is 30.3 Å². The number of hydrogen-bond acceptors (Lipinski definition) is 2. The molecular weight excluding hydrogens is 152 g/mol. The maximum Gasteiger partial charge on any atom is 0.279 e. The largest absolute Gasteiger partial charge is 0.465 e. The first-order valence-electron chi connectivity index (χ1n) is 3.80. The van der Waals surface area contributed by atoms with Gasteiger partial charge >= 0.3 is 0 Å². The number of nitrogens with two attached hydrogens (primary N) is 1. The zero-order valence-electron chi connectivity index (χ0n) is 6.79. The van der Waals surface area contributed by atoms with Gasteiger partial charge in [-0.1, -0.05) is 30.3 Å². The van der Waals surface area contributed by atoms with E-state index >= 15 is 0 Å². The molecule has 0 spiro atoms. The molecular formula is C9H12N2O. The third-order valence-corrected chi connectivity index (χ3v) is 1.49. The molecule has 0 radical (unpaired) electrons. The molecule has 12 heavy (non-hydrogen) atoms. The van der Waals surface area contributed by atoms with Crippen LogP contribution in [0.4, 0.5) is 0 Å². The maximum absolute atomic E-state index is 6.82. The van der Waals surface area contributed by atoms with Gasteiger partial charge in [-0.05, 0) is 5.56 Å². The lowest BCUT2D eigenvalue weighted by Crippen LogP contribution is -2.15. The fourth-order valence-corrected chi connectivity index (χ4v) is 0.924. The first-order chi connectivity index (χ1) is 5.79. The van der Waals surface area contributed by atoms with Crippen molar-refractivity contribution in [2.75, 3.05) is 6.61 Å². The molecule has 1 aromatic rings. The summed E-state index contributed by atoms with van der Waals surface area (Å²) in [6.45, 7) is 0.472. The summed E-state index contributed by atoms with van der Waals surface area (Å²) in [4.78, 5) is 0. The Balaban J connectivity index is 2.29. The number of ether oxygens (including phenoxy) is 1. The van der Waals surface area contributed by atoms with Gasteiger partial charge in [0, 0.05) is 6.42 Å². The number of amidine groups is 1. The third kappa shape index (κ3) is 3.05. The van der Waals surface area contributed by atoms with Crippen LogP contribution in [-0.2, 0) is 11.2 Å². The molecule has 0 heterocycles. The number of rotatable bonds is 3. The van der Waals surface area contributed by atoms with Crippen LogP contribution in [0.1, 0.15) is 5.56 Å². The summed E-state index contributed by atoms with van der Waals surface area (Å²) in [5.41, 5.74) is 6.21. The van der Waals surface area contributed by atoms with Gasteiger partial charge in [0.25, 0.3) is 6.02 Å². The van der Waals surface area contributed by atoms with Crippen molar-refractivity contribution < 1.29 is 4.74 Å². The van der Waals surface area contributed by atoms with Gasteiger partial charge < -0.3 is 10.5 Å². The van der Waals surface area contributed by atoms with E-state index in [0.29, 0.717) is 6.61 Å². The topological polar surface area (TPSA) is 59.1 Å². The molecule has 0 aliphatic rings. The first kappa shape index (κ1) is 8.59. The molecule has 0 saturated heterocycles. The predicted octanol–water partition coefficient (Wildman–Crippen LogP) is 1.14. The van der Waals surface area contributed by atoms with E-state index in [1.54, 1.807) is 0 Å². The summed E-state index contributed by atoms with van der Waals surface area (Å²) in [5, 5.41) is 6.82. The summed E-state index contributed by atoms with van der Waals surface area (Å²) in [7, 11) is 0. The van der Waals surface area contributed by atoms with E-state index in [4.69, 9.17) is 15.9 Å². The molecule has 0 fully saturated rings. The lowest BCUT2D eigenvalue weighted by Gasteiger charge is -2.02. The quantitative estimate of drug-likeness (QED) is 0.520. The fourth-order valence-electron chi connectivity index (χ4n) is 0.924. The molecule has 3 nitrogen and oxygen atoms in total. The lowest BCUT2D eigenvalue weighted by molar-refractivity contribution is 0.301. The smallest absolute Gasteiger partial charge is 0.279 e. The molecule has 0 saturated carbocycles. The van der Waals surface area contributed by atoms with Gasteiger partial charge in [0.15, 0.2) is 0 Å². The van der Waals surface area contributed by atoms with Crippen molar-refractivity contribution in [3.8, 4) is 0 Å². The van der Waals surface area contributed by atoms with Crippen molar-refractivity contribution in [2.45, 2.75) is 6.42 Å². The van der Waals surface area contributed by atoms with Crippen LogP contribution in [0.5, 0.6) is 0 Å². The van der Waals surface area contributed by atoms with Crippen LogP contribution in [0.2, 0.25) is 0 Å². The third-order valence-electron chi connectivity index (χ3n) is 1.49. The molecule has 0 atom stereocenters. The summed E-state index contributed by atoms with van der Waals surface area (Å²) in [5.74, 6) is 0. The summed E-state index contributed by atoms with van der Waals surface area (Å²) < 4.78 is 4.81. The number of hydrogen-bond donors (Lipinski definition) is 2. The summed E-state index contributed by atoms with van der Waals surface area (Å²) in [6.07, 6.45) is 0.792. The van der Waals surface area contributed by atoms with Crippen LogP contribution >= 0.6 is 0 Å². The Kier molecular flexibility index (Phi) is 3.14. The monoisotopic (exact) mass is 164 g/mol. The van der Waals surface area contributed by atoms with E-state index in [2.05, 4.69) is 0 Å². The van der Waals surface area contributed by atoms with Crippen LogP contribution in [0, 0.1) is 5.41 Å². The molecule has 0 amide bonds. The van der Waals surface area contributed by atoms with Gasteiger partial charge in [-0.2, -0.15) is 0 Å². The minimum atomic E-state index is -0.217. The van der Waals surface area contributed by atoms with Gasteiger partial charge in [0.05, 0.1) is 6.61 Å². The van der Waals surface area contributed by atoms with Crippen LogP contribution in [0.25, 0.3) is 0 Å². The van der Waals surface area contributed by atoms with Crippen LogP contribution < -0.4 is 5.73 Å². The second-order valence-corrected chi connectivity index (χ2v) is 2.45. The molecule has 0 aromatic heterocycles. The van der Waals surface area contributed by atoms with Gasteiger partial charge in [-0.3, -0.25) is 5.41 Å². The molecule has 0 aliphatic carbocycles. The van der Waals surface area contributed by atoms with Crippen molar-refractivity contribution in [1.29, 1.82) is 5.41 Å². The van der Waals surface area contributed by atoms with Gasteiger partial charge in [-0.25, -0.2) is 0 Å². The van der Waals surface area contributed by atoms with E-state index in [0.717, 1.165) is 6.42 Å². The van der Waals surface area contributed by atoms with Crippen molar-refractivity contribution in [3.05, 3.63) is 35.9 Å². The second kappa shape index (κ2) is 4.38. The molecule has 3 heteroatoms. The lowest BCUT2D eigenvalue weighted by atomic mass is 10.2. The molecule has 1 rings (SSSR count). The van der Waals surface area contributed by atoms with Gasteiger partial charge in [-0.15, -0.1) is 0 Å². The molecule has 0 bridgehead atoms. The highest BCUT2D eigenvalue weighted by molar-refractivity contribution is 5.67. The van der Waals surface area contributed by atoms with Gasteiger partial charge in [0.1, 0.15) is 0 Å². The Labute approximate surface area is 71.7 Å². The second-order valence-electron chi connectivity index (χ2n) is 2.45. The van der Waals surface area contributed by atoms with Gasteiger partial charge in [0.2, 0.25) is 0 Å². The van der Waals surface area contributed by atoms with E-state index in [1.165, 1.54) is 5.56 Å². The average molecular weight is 164 g/mol. The Bertz CT molecular complexity index is 246. The van der Waals surface area contributed by atoms with E-state index in [1.807, 2.05) is 30.3 Å². The standard InChI is InChI=1S/C9H12N2O/c10-9(11)12-7-6-8-4-2-1-3-5-8/h1-5H,6-7H2,(H3,10,11). The van der Waals surface area contributed by atoms with E-state index in [-0.39, 0.29) is 6.02 Å². The highest BCUT2D eigenvalue weighted by Gasteiger charge is 1.92. The minimum absolute atomic E-state index is 0.217. The minimum Gasteiger partial charge on any atom is -0.465 e. The predicted molar refractivity (Wildman–Crippen MR) is 48.0 cm³/mol. The fraction of sp³-hybridized carbons (Fsp3) is 0.222. The Hall–Kier alpha value is -1.51. The zero-order valence-corrected chi connectivity index (χ0v) is 6.79. The van der Waals surface area contributed by atoms with E-state index < -0.39 is 0 Å². The highest BCUT2D eigenvalue weighted by atomic mass is 16.5. The van der Waals surface area contributed by atoms with Crippen molar-refractivity contribution >= 4 is 6.02 Å². The summed E-state index contributed by atoms with van der Waals surface area (Å²) >= 11 is 0. The number of nitrogens with one attached hydrogen (secondary N) is 1. The highest BCUT2D eigenvalue weighted by Crippen LogP contribution is 1.98. The number of benzene rings is 1.